The maximum atomic E-state index is 12.5. The first kappa shape index (κ1) is 18.4. The molecular formula is C18H19Cl2NO3. The first-order valence-corrected chi connectivity index (χ1v) is 8.11. The van der Waals surface area contributed by atoms with Crippen molar-refractivity contribution < 1.29 is 14.3 Å². The molecule has 6 heteroatoms. The number of rotatable bonds is 5. The van der Waals surface area contributed by atoms with E-state index in [4.69, 9.17) is 32.7 Å². The van der Waals surface area contributed by atoms with Gasteiger partial charge in [0, 0.05) is 5.02 Å². The van der Waals surface area contributed by atoms with Gasteiger partial charge in [-0.3, -0.25) is 4.79 Å². The van der Waals surface area contributed by atoms with Crippen molar-refractivity contribution in [3.63, 3.8) is 0 Å². The first-order chi connectivity index (χ1) is 11.4. The molecule has 24 heavy (non-hydrogen) atoms. The van der Waals surface area contributed by atoms with Crippen LogP contribution in [0.5, 0.6) is 11.5 Å². The van der Waals surface area contributed by atoms with Crippen LogP contribution in [0, 0.1) is 6.92 Å². The highest BCUT2D eigenvalue weighted by atomic mass is 35.5. The highest BCUT2D eigenvalue weighted by molar-refractivity contribution is 6.36. The van der Waals surface area contributed by atoms with Crippen LogP contribution in [0.15, 0.2) is 30.3 Å². The van der Waals surface area contributed by atoms with Crippen LogP contribution in [0.4, 0.5) is 0 Å². The fraction of sp³-hybridized carbons (Fsp3) is 0.278. The molecule has 0 spiro atoms. The second-order valence-electron chi connectivity index (χ2n) is 5.38. The smallest absolute Gasteiger partial charge is 0.253 e. The van der Waals surface area contributed by atoms with E-state index in [1.54, 1.807) is 32.4 Å². The van der Waals surface area contributed by atoms with Gasteiger partial charge in [-0.15, -0.1) is 0 Å². The van der Waals surface area contributed by atoms with E-state index >= 15 is 0 Å². The summed E-state index contributed by atoms with van der Waals surface area (Å²) in [7, 11) is 3.17. The second kappa shape index (κ2) is 7.77. The Morgan fingerprint density at radius 3 is 2.29 bits per heavy atom. The molecule has 2 aromatic carbocycles. The third-order valence-corrected chi connectivity index (χ3v) is 4.31. The van der Waals surface area contributed by atoms with Gasteiger partial charge in [0.2, 0.25) is 0 Å². The van der Waals surface area contributed by atoms with Crippen molar-refractivity contribution in [2.24, 2.45) is 0 Å². The summed E-state index contributed by atoms with van der Waals surface area (Å²) in [5.74, 6) is 1.00. The third-order valence-electron chi connectivity index (χ3n) is 3.76. The van der Waals surface area contributed by atoms with Crippen LogP contribution < -0.4 is 14.8 Å². The molecule has 0 aliphatic carbocycles. The Hall–Kier alpha value is -1.91. The Balaban J connectivity index is 2.26. The van der Waals surface area contributed by atoms with Crippen molar-refractivity contribution in [2.75, 3.05) is 14.2 Å². The molecule has 0 aliphatic heterocycles. The van der Waals surface area contributed by atoms with E-state index in [1.807, 2.05) is 26.0 Å². The maximum Gasteiger partial charge on any atom is 0.253 e. The van der Waals surface area contributed by atoms with E-state index in [2.05, 4.69) is 5.32 Å². The van der Waals surface area contributed by atoms with E-state index in [9.17, 15) is 4.79 Å². The van der Waals surface area contributed by atoms with E-state index in [0.29, 0.717) is 27.1 Å². The summed E-state index contributed by atoms with van der Waals surface area (Å²) >= 11 is 12.0. The number of benzene rings is 2. The molecule has 0 aromatic heterocycles. The molecule has 128 valence electrons. The Kier molecular flexibility index (Phi) is 5.97. The van der Waals surface area contributed by atoms with Crippen LogP contribution in [0.3, 0.4) is 0 Å². The summed E-state index contributed by atoms with van der Waals surface area (Å²) in [5, 5.41) is 3.74. The Bertz CT molecular complexity index is 762. The third kappa shape index (κ3) is 3.94. The van der Waals surface area contributed by atoms with Gasteiger partial charge in [-0.2, -0.15) is 0 Å². The predicted octanol–water partition coefficient (Wildman–Crippen LogP) is 4.81. The number of ether oxygens (including phenoxy) is 2. The molecule has 0 saturated carbocycles. The summed E-state index contributed by atoms with van der Waals surface area (Å²) in [4.78, 5) is 12.5. The summed E-state index contributed by atoms with van der Waals surface area (Å²) < 4.78 is 10.6. The zero-order valence-electron chi connectivity index (χ0n) is 13.9. The molecule has 0 heterocycles. The number of nitrogens with one attached hydrogen (secondary N) is 1. The largest absolute Gasteiger partial charge is 0.493 e. The van der Waals surface area contributed by atoms with E-state index < -0.39 is 0 Å². The minimum atomic E-state index is -0.265. The van der Waals surface area contributed by atoms with Gasteiger partial charge in [-0.1, -0.05) is 23.2 Å². The van der Waals surface area contributed by atoms with Crippen molar-refractivity contribution in [2.45, 2.75) is 19.9 Å². The van der Waals surface area contributed by atoms with Gasteiger partial charge in [-0.05, 0) is 55.3 Å². The number of carbonyl (C=O) groups excluding carboxylic acids is 1. The van der Waals surface area contributed by atoms with Crippen LogP contribution in [0.25, 0.3) is 0 Å². The summed E-state index contributed by atoms with van der Waals surface area (Å²) in [5.41, 5.74) is 2.31. The SMILES string of the molecule is COc1cc(C)c(C(C)NC(=O)c2ccc(Cl)cc2Cl)cc1OC. The summed E-state index contributed by atoms with van der Waals surface area (Å²) in [6.45, 7) is 3.85. The van der Waals surface area contributed by atoms with E-state index in [0.717, 1.165) is 11.1 Å². The Labute approximate surface area is 151 Å². The fourth-order valence-corrected chi connectivity index (χ4v) is 2.98. The Morgan fingerprint density at radius 2 is 1.71 bits per heavy atom. The zero-order chi connectivity index (χ0) is 17.9. The normalized spacial score (nSPS) is 11.8. The van der Waals surface area contributed by atoms with Crippen molar-refractivity contribution in [3.05, 3.63) is 57.1 Å². The molecule has 0 bridgehead atoms. The van der Waals surface area contributed by atoms with Crippen molar-refractivity contribution in [3.8, 4) is 11.5 Å². The number of amides is 1. The van der Waals surface area contributed by atoms with Gasteiger partial charge in [-0.25, -0.2) is 0 Å². The molecule has 4 nitrogen and oxygen atoms in total. The molecule has 0 radical (unpaired) electrons. The average Bonchev–Trinajstić information content (AvgIpc) is 2.54. The first-order valence-electron chi connectivity index (χ1n) is 7.35. The Morgan fingerprint density at radius 1 is 1.08 bits per heavy atom. The van der Waals surface area contributed by atoms with Gasteiger partial charge in [0.05, 0.1) is 30.8 Å². The number of hydrogen-bond acceptors (Lipinski definition) is 3. The minimum Gasteiger partial charge on any atom is -0.493 e. The zero-order valence-corrected chi connectivity index (χ0v) is 15.5. The molecule has 1 atom stereocenters. The van der Waals surface area contributed by atoms with Gasteiger partial charge >= 0.3 is 0 Å². The topological polar surface area (TPSA) is 47.6 Å². The quantitative estimate of drug-likeness (QED) is 0.824. The van der Waals surface area contributed by atoms with Crippen LogP contribution in [-0.4, -0.2) is 20.1 Å². The molecule has 0 aliphatic rings. The van der Waals surface area contributed by atoms with E-state index in [1.165, 1.54) is 0 Å². The minimum absolute atomic E-state index is 0.232. The number of aryl methyl sites for hydroxylation is 1. The van der Waals surface area contributed by atoms with Crippen molar-refractivity contribution >= 4 is 29.1 Å². The van der Waals surface area contributed by atoms with Crippen LogP contribution in [0.1, 0.15) is 34.5 Å². The number of hydrogen-bond donors (Lipinski definition) is 1. The predicted molar refractivity (Wildman–Crippen MR) is 96.6 cm³/mol. The van der Waals surface area contributed by atoms with Gasteiger partial charge in [0.15, 0.2) is 11.5 Å². The molecule has 0 fully saturated rings. The lowest BCUT2D eigenvalue weighted by Gasteiger charge is -2.19. The molecule has 1 unspecified atom stereocenters. The lowest BCUT2D eigenvalue weighted by atomic mass is 10.0. The molecule has 2 rings (SSSR count). The molecule has 2 aromatic rings. The van der Waals surface area contributed by atoms with Gasteiger partial charge in [0.1, 0.15) is 0 Å². The number of carbonyl (C=O) groups is 1. The lowest BCUT2D eigenvalue weighted by Crippen LogP contribution is -2.27. The average molecular weight is 368 g/mol. The second-order valence-corrected chi connectivity index (χ2v) is 6.23. The van der Waals surface area contributed by atoms with Crippen molar-refractivity contribution in [1.82, 2.24) is 5.32 Å². The van der Waals surface area contributed by atoms with Gasteiger partial charge in [0.25, 0.3) is 5.91 Å². The summed E-state index contributed by atoms with van der Waals surface area (Å²) in [6.07, 6.45) is 0. The highest BCUT2D eigenvalue weighted by Gasteiger charge is 2.18. The monoisotopic (exact) mass is 367 g/mol. The number of methoxy groups -OCH3 is 2. The number of halogens is 2. The van der Waals surface area contributed by atoms with Crippen LogP contribution in [0.2, 0.25) is 10.0 Å². The molecule has 1 amide bonds. The molecular weight excluding hydrogens is 349 g/mol. The molecule has 0 saturated heterocycles. The van der Waals surface area contributed by atoms with Crippen LogP contribution >= 0.6 is 23.2 Å². The standard InChI is InChI=1S/C18H19Cl2NO3/c1-10-7-16(23-3)17(24-4)9-14(10)11(2)21-18(22)13-6-5-12(19)8-15(13)20/h5-9,11H,1-4H3,(H,21,22). The van der Waals surface area contributed by atoms with Gasteiger partial charge < -0.3 is 14.8 Å². The molecule has 1 N–H and O–H groups in total. The summed E-state index contributed by atoms with van der Waals surface area (Å²) in [6, 6.07) is 8.30. The maximum absolute atomic E-state index is 12.5. The van der Waals surface area contributed by atoms with Crippen LogP contribution in [-0.2, 0) is 0 Å². The van der Waals surface area contributed by atoms with E-state index in [-0.39, 0.29) is 11.9 Å². The van der Waals surface area contributed by atoms with Crippen molar-refractivity contribution in [1.29, 1.82) is 0 Å². The lowest BCUT2D eigenvalue weighted by molar-refractivity contribution is 0.0940. The fourth-order valence-electron chi connectivity index (χ4n) is 2.49. The highest BCUT2D eigenvalue weighted by Crippen LogP contribution is 2.33.